The maximum Gasteiger partial charge on any atom is 0.311 e. The summed E-state index contributed by atoms with van der Waals surface area (Å²) in [5.41, 5.74) is 2.15. The Bertz CT molecular complexity index is 1520. The van der Waals surface area contributed by atoms with Crippen LogP contribution in [0, 0.1) is 0 Å². The van der Waals surface area contributed by atoms with E-state index in [-0.39, 0.29) is 10.8 Å². The molecule has 0 aliphatic carbocycles. The van der Waals surface area contributed by atoms with Gasteiger partial charge in [-0.05, 0) is 85.5 Å². The van der Waals surface area contributed by atoms with E-state index < -0.39 is 11.9 Å². The molecule has 0 saturated heterocycles. The average Bonchev–Trinajstić information content (AvgIpc) is 2.95. The summed E-state index contributed by atoms with van der Waals surface area (Å²) >= 11 is 12.4. The van der Waals surface area contributed by atoms with Crippen molar-refractivity contribution in [2.45, 2.75) is 31.6 Å². The summed E-state index contributed by atoms with van der Waals surface area (Å²) in [5, 5.41) is 10.4. The molecule has 8 heteroatoms. The van der Waals surface area contributed by atoms with Gasteiger partial charge in [0.05, 0.1) is 17.5 Å². The first-order valence-corrected chi connectivity index (χ1v) is 13.6. The summed E-state index contributed by atoms with van der Waals surface area (Å²) in [4.78, 5) is 24.4. The van der Waals surface area contributed by atoms with Crippen LogP contribution < -0.4 is 14.2 Å². The van der Waals surface area contributed by atoms with E-state index in [4.69, 9.17) is 37.4 Å². The van der Waals surface area contributed by atoms with Gasteiger partial charge in [-0.25, -0.2) is 0 Å². The monoisotopic (exact) mass is 576 g/mol. The van der Waals surface area contributed by atoms with Crippen LogP contribution in [0.1, 0.15) is 46.7 Å². The van der Waals surface area contributed by atoms with E-state index in [2.05, 4.69) is 0 Å². The Morgan fingerprint density at radius 1 is 0.875 bits per heavy atom. The zero-order valence-electron chi connectivity index (χ0n) is 21.4. The molecule has 1 unspecified atom stereocenters. The minimum absolute atomic E-state index is 0.0302. The Morgan fingerprint density at radius 2 is 1.55 bits per heavy atom. The van der Waals surface area contributed by atoms with Crippen LogP contribution >= 0.6 is 23.2 Å². The highest BCUT2D eigenvalue weighted by Crippen LogP contribution is 2.42. The number of aryl methyl sites for hydroxylation is 1. The number of carbonyl (C=O) groups is 2. The van der Waals surface area contributed by atoms with Crippen molar-refractivity contribution in [2.75, 3.05) is 6.61 Å². The molecule has 0 saturated carbocycles. The molecule has 0 aromatic heterocycles. The number of benzene rings is 4. The minimum atomic E-state index is -0.912. The molecular formula is C32H26Cl2O6. The van der Waals surface area contributed by atoms with Gasteiger partial charge in [0.1, 0.15) is 28.7 Å². The largest absolute Gasteiger partial charge is 0.493 e. The van der Waals surface area contributed by atoms with Gasteiger partial charge in [-0.3, -0.25) is 9.59 Å². The molecular weight excluding hydrogens is 551 g/mol. The third-order valence-corrected chi connectivity index (χ3v) is 7.22. The van der Waals surface area contributed by atoms with Crippen LogP contribution in [0.15, 0.2) is 84.9 Å². The summed E-state index contributed by atoms with van der Waals surface area (Å²) in [7, 11) is 0. The van der Waals surface area contributed by atoms with Gasteiger partial charge in [-0.1, -0.05) is 41.4 Å². The minimum Gasteiger partial charge on any atom is -0.493 e. The molecule has 4 aromatic rings. The van der Waals surface area contributed by atoms with E-state index in [0.717, 1.165) is 11.3 Å². The summed E-state index contributed by atoms with van der Waals surface area (Å²) in [5.74, 6) is 1.21. The van der Waals surface area contributed by atoms with Gasteiger partial charge in [0.15, 0.2) is 5.78 Å². The summed E-state index contributed by atoms with van der Waals surface area (Å²) in [6.07, 6.45) is 2.13. The fraction of sp³-hybridized carbons (Fsp3) is 0.188. The molecule has 1 aliphatic rings. The van der Waals surface area contributed by atoms with E-state index in [9.17, 15) is 14.7 Å². The SMILES string of the molecule is O=C(CCCc1ccccc1Oc1ccc(Cl)cc1)c1ccc(Oc2cc3c(cc2Cl)C(C(=O)O)CCO3)cc1. The molecule has 1 N–H and O–H groups in total. The summed E-state index contributed by atoms with van der Waals surface area (Å²) < 4.78 is 17.6. The molecule has 4 aromatic carbocycles. The zero-order chi connectivity index (χ0) is 28.1. The number of para-hydroxylation sites is 1. The predicted molar refractivity (Wildman–Crippen MR) is 154 cm³/mol. The van der Waals surface area contributed by atoms with Crippen LogP contribution in [-0.2, 0) is 11.2 Å². The van der Waals surface area contributed by atoms with Gasteiger partial charge in [0.2, 0.25) is 0 Å². The Hall–Kier alpha value is -4.00. The van der Waals surface area contributed by atoms with Crippen molar-refractivity contribution in [1.29, 1.82) is 0 Å². The van der Waals surface area contributed by atoms with Crippen molar-refractivity contribution >= 4 is 35.0 Å². The molecule has 1 aliphatic heterocycles. The zero-order valence-corrected chi connectivity index (χ0v) is 23.0. The maximum absolute atomic E-state index is 12.8. The first-order chi connectivity index (χ1) is 19.4. The van der Waals surface area contributed by atoms with Gasteiger partial charge >= 0.3 is 5.97 Å². The van der Waals surface area contributed by atoms with Crippen molar-refractivity contribution in [3.63, 3.8) is 0 Å². The number of fused-ring (bicyclic) bond motifs is 1. The quantitative estimate of drug-likeness (QED) is 0.190. The molecule has 0 fully saturated rings. The van der Waals surface area contributed by atoms with Gasteiger partial charge < -0.3 is 19.3 Å². The fourth-order valence-corrected chi connectivity index (χ4v) is 4.92. The molecule has 1 heterocycles. The van der Waals surface area contributed by atoms with Crippen LogP contribution in [0.5, 0.6) is 28.7 Å². The number of carboxylic acids is 1. The normalized spacial score (nSPS) is 14.1. The van der Waals surface area contributed by atoms with E-state index in [1.807, 2.05) is 36.4 Å². The van der Waals surface area contributed by atoms with Crippen molar-refractivity contribution in [3.05, 3.63) is 112 Å². The number of aliphatic carboxylic acids is 1. The Morgan fingerprint density at radius 3 is 2.27 bits per heavy atom. The number of carbonyl (C=O) groups excluding carboxylic acids is 1. The lowest BCUT2D eigenvalue weighted by atomic mass is 9.93. The van der Waals surface area contributed by atoms with Crippen molar-refractivity contribution < 1.29 is 28.9 Å². The van der Waals surface area contributed by atoms with E-state index in [1.54, 1.807) is 48.5 Å². The third kappa shape index (κ3) is 6.58. The Labute approximate surface area is 242 Å². The standard InChI is InChI=1S/C32H26Cl2O6/c33-22-10-14-24(15-11-22)39-29-7-2-1-4-21(29)5-3-6-28(35)20-8-12-23(13-9-20)40-31-19-30-26(18-27(31)34)25(32(36)37)16-17-38-30/h1-2,4,7-15,18-19,25H,3,5-6,16-17H2,(H,36,37). The van der Waals surface area contributed by atoms with Crippen LogP contribution in [0.25, 0.3) is 0 Å². The Balaban J connectivity index is 1.18. The molecule has 1 atom stereocenters. The number of Topliss-reactive ketones (excluding diaryl/α,β-unsaturated/α-hetero) is 1. The molecule has 40 heavy (non-hydrogen) atoms. The van der Waals surface area contributed by atoms with E-state index in [0.29, 0.717) is 71.4 Å². The average molecular weight is 577 g/mol. The van der Waals surface area contributed by atoms with Crippen molar-refractivity contribution in [1.82, 2.24) is 0 Å². The molecule has 204 valence electrons. The lowest BCUT2D eigenvalue weighted by Crippen LogP contribution is -2.20. The second kappa shape index (κ2) is 12.5. The number of rotatable bonds is 10. The first-order valence-electron chi connectivity index (χ1n) is 12.9. The van der Waals surface area contributed by atoms with E-state index in [1.165, 1.54) is 0 Å². The number of hydrogen-bond acceptors (Lipinski definition) is 5. The molecule has 0 radical (unpaired) electrons. The highest BCUT2D eigenvalue weighted by atomic mass is 35.5. The smallest absolute Gasteiger partial charge is 0.311 e. The Kier molecular flexibility index (Phi) is 8.58. The maximum atomic E-state index is 12.8. The van der Waals surface area contributed by atoms with Gasteiger partial charge in [-0.15, -0.1) is 0 Å². The number of hydrogen-bond donors (Lipinski definition) is 1. The molecule has 6 nitrogen and oxygen atoms in total. The molecule has 0 bridgehead atoms. The summed E-state index contributed by atoms with van der Waals surface area (Å²) in [6.45, 7) is 0.308. The number of carboxylic acid groups (broad SMARTS) is 1. The van der Waals surface area contributed by atoms with Crippen molar-refractivity contribution in [2.24, 2.45) is 0 Å². The summed E-state index contributed by atoms with van der Waals surface area (Å²) in [6, 6.07) is 25.0. The molecule has 0 amide bonds. The fourth-order valence-electron chi connectivity index (χ4n) is 4.58. The number of ether oxygens (including phenoxy) is 3. The van der Waals surface area contributed by atoms with Gasteiger partial charge in [0, 0.05) is 28.6 Å². The number of ketones is 1. The molecule has 5 rings (SSSR count). The highest BCUT2D eigenvalue weighted by Gasteiger charge is 2.29. The lowest BCUT2D eigenvalue weighted by molar-refractivity contribution is -0.139. The van der Waals surface area contributed by atoms with Crippen molar-refractivity contribution in [3.8, 4) is 28.7 Å². The molecule has 0 spiro atoms. The highest BCUT2D eigenvalue weighted by molar-refractivity contribution is 6.32. The van der Waals surface area contributed by atoms with E-state index >= 15 is 0 Å². The second-order valence-electron chi connectivity index (χ2n) is 9.42. The number of halogens is 2. The van der Waals surface area contributed by atoms with Crippen LogP contribution in [0.3, 0.4) is 0 Å². The van der Waals surface area contributed by atoms with Gasteiger partial charge in [-0.2, -0.15) is 0 Å². The lowest BCUT2D eigenvalue weighted by Gasteiger charge is -2.24. The third-order valence-electron chi connectivity index (χ3n) is 6.67. The van der Waals surface area contributed by atoms with Gasteiger partial charge in [0.25, 0.3) is 0 Å². The second-order valence-corrected chi connectivity index (χ2v) is 10.3. The van der Waals surface area contributed by atoms with Crippen LogP contribution in [0.4, 0.5) is 0 Å². The predicted octanol–water partition coefficient (Wildman–Crippen LogP) is 8.73. The first kappa shape index (κ1) is 27.6. The van der Waals surface area contributed by atoms with Crippen LogP contribution in [-0.4, -0.2) is 23.5 Å². The topological polar surface area (TPSA) is 82.1 Å². The van der Waals surface area contributed by atoms with Crippen LogP contribution in [0.2, 0.25) is 10.0 Å².